The highest BCUT2D eigenvalue weighted by molar-refractivity contribution is 6.31. The van der Waals surface area contributed by atoms with Gasteiger partial charge in [0.2, 0.25) is 5.88 Å². The van der Waals surface area contributed by atoms with E-state index >= 15 is 0 Å². The Labute approximate surface area is 133 Å². The van der Waals surface area contributed by atoms with Crippen LogP contribution in [0.15, 0.2) is 30.6 Å². The summed E-state index contributed by atoms with van der Waals surface area (Å²) in [5.41, 5.74) is 0.485. The summed E-state index contributed by atoms with van der Waals surface area (Å²) >= 11 is 6.04. The molecule has 1 fully saturated rings. The highest BCUT2D eigenvalue weighted by Crippen LogP contribution is 2.27. The maximum Gasteiger partial charge on any atom is 0.269 e. The van der Waals surface area contributed by atoms with Crippen molar-refractivity contribution in [3.8, 4) is 5.88 Å². The molecule has 1 aliphatic rings. The van der Waals surface area contributed by atoms with Crippen LogP contribution in [-0.4, -0.2) is 33.2 Å². The molecule has 0 bridgehead atoms. The van der Waals surface area contributed by atoms with Crippen LogP contribution in [0.25, 0.3) is 0 Å². The number of nitrogens with zero attached hydrogens (tertiary/aromatic N) is 2. The maximum atomic E-state index is 12.0. The molecule has 0 unspecified atom stereocenters. The quantitative estimate of drug-likeness (QED) is 0.907. The highest BCUT2D eigenvalue weighted by Gasteiger charge is 2.25. The molecule has 1 amide bonds. The first-order valence-electron chi connectivity index (χ1n) is 7.30. The predicted octanol–water partition coefficient (Wildman–Crippen LogP) is 2.58. The van der Waals surface area contributed by atoms with Crippen LogP contribution in [0.5, 0.6) is 5.88 Å². The summed E-state index contributed by atoms with van der Waals surface area (Å²) in [7, 11) is 0. The lowest BCUT2D eigenvalue weighted by molar-refractivity contribution is 0.0885. The number of nitrogens with one attached hydrogen (secondary N) is 2. The van der Waals surface area contributed by atoms with Gasteiger partial charge in [-0.25, -0.2) is 4.98 Å². The minimum absolute atomic E-state index is 0.0905. The summed E-state index contributed by atoms with van der Waals surface area (Å²) in [5.74, 6) is 0.365. The zero-order chi connectivity index (χ0) is 15.4. The zero-order valence-electron chi connectivity index (χ0n) is 12.0. The van der Waals surface area contributed by atoms with Crippen molar-refractivity contribution >= 4 is 17.5 Å². The molecule has 3 rings (SSSR count). The van der Waals surface area contributed by atoms with E-state index in [9.17, 15) is 4.79 Å². The van der Waals surface area contributed by atoms with Gasteiger partial charge in [0.25, 0.3) is 5.91 Å². The summed E-state index contributed by atoms with van der Waals surface area (Å²) in [6, 6.07) is 5.36. The van der Waals surface area contributed by atoms with Crippen molar-refractivity contribution in [2.45, 2.75) is 37.8 Å². The van der Waals surface area contributed by atoms with E-state index in [-0.39, 0.29) is 18.1 Å². The number of rotatable bonds is 4. The number of carbonyl (C=O) groups excluding carboxylic acids is 1. The van der Waals surface area contributed by atoms with Crippen LogP contribution in [0.4, 0.5) is 0 Å². The lowest BCUT2D eigenvalue weighted by atomic mass is 9.93. The van der Waals surface area contributed by atoms with Crippen molar-refractivity contribution in [3.05, 3.63) is 41.3 Å². The number of H-pyrrole nitrogens is 1. The van der Waals surface area contributed by atoms with Crippen molar-refractivity contribution in [1.82, 2.24) is 20.5 Å². The van der Waals surface area contributed by atoms with Gasteiger partial charge in [0.1, 0.15) is 16.8 Å². The Kier molecular flexibility index (Phi) is 4.58. The zero-order valence-corrected chi connectivity index (χ0v) is 12.7. The van der Waals surface area contributed by atoms with Crippen LogP contribution in [-0.2, 0) is 0 Å². The van der Waals surface area contributed by atoms with E-state index in [0.29, 0.717) is 16.6 Å². The number of amides is 1. The van der Waals surface area contributed by atoms with Crippen LogP contribution in [0.3, 0.4) is 0 Å². The van der Waals surface area contributed by atoms with Gasteiger partial charge in [-0.3, -0.25) is 9.89 Å². The minimum atomic E-state index is -0.116. The van der Waals surface area contributed by atoms with Crippen molar-refractivity contribution in [3.63, 3.8) is 0 Å². The predicted molar refractivity (Wildman–Crippen MR) is 82.0 cm³/mol. The van der Waals surface area contributed by atoms with Gasteiger partial charge in [-0.05, 0) is 43.9 Å². The van der Waals surface area contributed by atoms with E-state index < -0.39 is 0 Å². The molecular formula is C15H17ClN4O2. The number of ether oxygens (including phenoxy) is 1. The van der Waals surface area contributed by atoms with Crippen LogP contribution in [0.2, 0.25) is 5.02 Å². The molecule has 1 aliphatic carbocycles. The molecule has 2 N–H and O–H groups in total. The normalized spacial score (nSPS) is 21.3. The minimum Gasteiger partial charge on any atom is -0.473 e. The first-order chi connectivity index (χ1) is 10.7. The van der Waals surface area contributed by atoms with Crippen LogP contribution < -0.4 is 10.1 Å². The van der Waals surface area contributed by atoms with E-state index in [4.69, 9.17) is 16.3 Å². The largest absolute Gasteiger partial charge is 0.473 e. The molecule has 2 aromatic heterocycles. The smallest absolute Gasteiger partial charge is 0.269 e. The lowest BCUT2D eigenvalue weighted by Crippen LogP contribution is -2.39. The number of hydrogen-bond donors (Lipinski definition) is 2. The average Bonchev–Trinajstić information content (AvgIpc) is 3.06. The number of pyridine rings is 1. The third-order valence-corrected chi connectivity index (χ3v) is 4.05. The van der Waals surface area contributed by atoms with Crippen LogP contribution >= 0.6 is 11.6 Å². The van der Waals surface area contributed by atoms with Gasteiger partial charge in [0, 0.05) is 18.4 Å². The fraction of sp³-hybridized carbons (Fsp3) is 0.400. The van der Waals surface area contributed by atoms with Crippen molar-refractivity contribution in [2.75, 3.05) is 0 Å². The Balaban J connectivity index is 1.48. The lowest BCUT2D eigenvalue weighted by Gasteiger charge is -2.29. The Morgan fingerprint density at radius 1 is 1.27 bits per heavy atom. The molecule has 22 heavy (non-hydrogen) atoms. The number of halogens is 1. The molecule has 0 spiro atoms. The Bertz CT molecular complexity index is 624. The van der Waals surface area contributed by atoms with Crippen LogP contribution in [0.1, 0.15) is 36.2 Å². The van der Waals surface area contributed by atoms with Gasteiger partial charge >= 0.3 is 0 Å². The summed E-state index contributed by atoms with van der Waals surface area (Å²) in [5, 5.41) is 9.98. The molecule has 1 saturated carbocycles. The standard InChI is InChI=1S/C15H17ClN4O2/c16-12-2-1-8-17-15(12)22-11-5-3-10(4-6-11)19-14(21)13-7-9-18-20-13/h1-2,7-11H,3-6H2,(H,18,20)(H,19,21). The van der Waals surface area contributed by atoms with Crippen molar-refractivity contribution in [1.29, 1.82) is 0 Å². The molecule has 0 aliphatic heterocycles. The molecule has 0 aromatic carbocycles. The van der Waals surface area contributed by atoms with Gasteiger partial charge < -0.3 is 10.1 Å². The van der Waals surface area contributed by atoms with Gasteiger partial charge in [0.05, 0.1) is 0 Å². The first-order valence-corrected chi connectivity index (χ1v) is 7.67. The van der Waals surface area contributed by atoms with E-state index in [1.165, 1.54) is 0 Å². The Morgan fingerprint density at radius 3 is 2.77 bits per heavy atom. The number of carbonyl (C=O) groups is 1. The molecule has 2 heterocycles. The fourth-order valence-corrected chi connectivity index (χ4v) is 2.75. The first kappa shape index (κ1) is 14.8. The second-order valence-electron chi connectivity index (χ2n) is 5.33. The Morgan fingerprint density at radius 2 is 2.09 bits per heavy atom. The van der Waals surface area contributed by atoms with E-state index in [0.717, 1.165) is 25.7 Å². The molecular weight excluding hydrogens is 304 g/mol. The summed E-state index contributed by atoms with van der Waals surface area (Å²) in [6.45, 7) is 0. The molecule has 116 valence electrons. The van der Waals surface area contributed by atoms with Crippen molar-refractivity contribution in [2.24, 2.45) is 0 Å². The third-order valence-electron chi connectivity index (χ3n) is 3.76. The van der Waals surface area contributed by atoms with Crippen molar-refractivity contribution < 1.29 is 9.53 Å². The maximum absolute atomic E-state index is 12.0. The molecule has 6 nitrogen and oxygen atoms in total. The second-order valence-corrected chi connectivity index (χ2v) is 5.73. The van der Waals surface area contributed by atoms with Crippen LogP contribution in [0, 0.1) is 0 Å². The van der Waals surface area contributed by atoms with Gasteiger partial charge in [0.15, 0.2) is 0 Å². The second kappa shape index (κ2) is 6.79. The van der Waals surface area contributed by atoms with E-state index in [1.807, 2.05) is 0 Å². The summed E-state index contributed by atoms with van der Waals surface area (Å²) in [6.07, 6.45) is 6.78. The number of hydrogen-bond acceptors (Lipinski definition) is 4. The highest BCUT2D eigenvalue weighted by atomic mass is 35.5. The SMILES string of the molecule is O=C(NC1CCC(Oc2ncccc2Cl)CC1)c1ccn[nH]1. The monoisotopic (exact) mass is 320 g/mol. The topological polar surface area (TPSA) is 79.9 Å². The van der Waals surface area contributed by atoms with Gasteiger partial charge in [-0.2, -0.15) is 5.10 Å². The van der Waals surface area contributed by atoms with E-state index in [1.54, 1.807) is 30.6 Å². The molecule has 2 aromatic rings. The Hall–Kier alpha value is -2.08. The third kappa shape index (κ3) is 3.57. The number of aromatic nitrogens is 3. The summed E-state index contributed by atoms with van der Waals surface area (Å²) in [4.78, 5) is 16.1. The average molecular weight is 321 g/mol. The van der Waals surface area contributed by atoms with E-state index in [2.05, 4.69) is 20.5 Å². The molecule has 0 atom stereocenters. The molecule has 0 saturated heterocycles. The fourth-order valence-electron chi connectivity index (χ4n) is 2.59. The van der Waals surface area contributed by atoms with Gasteiger partial charge in [-0.1, -0.05) is 11.6 Å². The van der Waals surface area contributed by atoms with Gasteiger partial charge in [-0.15, -0.1) is 0 Å². The molecule has 0 radical (unpaired) electrons. The molecule has 7 heteroatoms. The summed E-state index contributed by atoms with van der Waals surface area (Å²) < 4.78 is 5.84. The number of aromatic amines is 1.